The summed E-state index contributed by atoms with van der Waals surface area (Å²) in [5.41, 5.74) is 8.20. The molecular formula is C18H20ClN3S. The van der Waals surface area contributed by atoms with Gasteiger partial charge in [-0.1, -0.05) is 36.7 Å². The molecule has 0 aliphatic heterocycles. The number of aryl methyl sites for hydroxylation is 2. The van der Waals surface area contributed by atoms with E-state index in [1.165, 1.54) is 11.1 Å². The Labute approximate surface area is 147 Å². The van der Waals surface area contributed by atoms with Crippen LogP contribution in [-0.4, -0.2) is 10.8 Å². The van der Waals surface area contributed by atoms with E-state index < -0.39 is 0 Å². The molecular weight excluding hydrogens is 326 g/mol. The van der Waals surface area contributed by atoms with Crippen molar-refractivity contribution < 1.29 is 0 Å². The first-order valence-electron chi connectivity index (χ1n) is 7.46. The van der Waals surface area contributed by atoms with Crippen LogP contribution in [0.25, 0.3) is 0 Å². The first-order valence-corrected chi connectivity index (χ1v) is 8.25. The Hall–Kier alpha value is -1.91. The number of thiocarbonyl (C=S) groups is 1. The van der Waals surface area contributed by atoms with Crippen LogP contribution < -0.4 is 10.7 Å². The lowest BCUT2D eigenvalue weighted by atomic mass is 10.1. The highest BCUT2D eigenvalue weighted by Gasteiger charge is 2.03. The summed E-state index contributed by atoms with van der Waals surface area (Å²) in [5.74, 6) is 0. The number of hydrogen-bond acceptors (Lipinski definition) is 2. The van der Waals surface area contributed by atoms with E-state index in [1.54, 1.807) is 0 Å². The van der Waals surface area contributed by atoms with Gasteiger partial charge in [-0.2, -0.15) is 5.10 Å². The lowest BCUT2D eigenvalue weighted by molar-refractivity contribution is 1.02. The summed E-state index contributed by atoms with van der Waals surface area (Å²) >= 11 is 11.3. The minimum absolute atomic E-state index is 0.459. The molecule has 23 heavy (non-hydrogen) atoms. The van der Waals surface area contributed by atoms with Gasteiger partial charge in [0.15, 0.2) is 5.11 Å². The maximum Gasteiger partial charge on any atom is 0.191 e. The Bertz CT molecular complexity index is 741. The third-order valence-corrected chi connectivity index (χ3v) is 3.98. The third kappa shape index (κ3) is 5.05. The number of anilines is 1. The average molecular weight is 346 g/mol. The molecule has 2 aromatic carbocycles. The van der Waals surface area contributed by atoms with Crippen molar-refractivity contribution in [3.05, 3.63) is 64.2 Å². The smallest absolute Gasteiger partial charge is 0.191 e. The van der Waals surface area contributed by atoms with Crippen LogP contribution in [0.1, 0.15) is 30.0 Å². The third-order valence-electron chi connectivity index (χ3n) is 3.55. The van der Waals surface area contributed by atoms with E-state index in [4.69, 9.17) is 23.8 Å². The van der Waals surface area contributed by atoms with Gasteiger partial charge < -0.3 is 5.32 Å². The standard InChI is InChI=1S/C18H20ClN3S/c1-4-17(14-6-5-7-15(19)11-14)21-22-18(23)20-16-9-8-12(2)13(3)10-16/h5-11H,4H2,1-3H3,(H2,20,22,23)/b21-17+. The van der Waals surface area contributed by atoms with Crippen LogP contribution in [0.5, 0.6) is 0 Å². The molecule has 0 atom stereocenters. The molecule has 120 valence electrons. The molecule has 0 aliphatic rings. The molecule has 0 heterocycles. The predicted octanol–water partition coefficient (Wildman–Crippen LogP) is 5.06. The number of hydrazone groups is 1. The number of nitrogens with one attached hydrogen (secondary N) is 2. The van der Waals surface area contributed by atoms with Gasteiger partial charge in [0.1, 0.15) is 0 Å². The number of benzene rings is 2. The summed E-state index contributed by atoms with van der Waals surface area (Å²) in [7, 11) is 0. The van der Waals surface area contributed by atoms with Gasteiger partial charge in [0.2, 0.25) is 0 Å². The van der Waals surface area contributed by atoms with Crippen molar-refractivity contribution in [2.45, 2.75) is 27.2 Å². The molecule has 0 aliphatic carbocycles. The van der Waals surface area contributed by atoms with Crippen molar-refractivity contribution in [1.82, 2.24) is 5.43 Å². The van der Waals surface area contributed by atoms with Gasteiger partial charge in [-0.3, -0.25) is 5.43 Å². The van der Waals surface area contributed by atoms with E-state index in [9.17, 15) is 0 Å². The molecule has 0 radical (unpaired) electrons. The van der Waals surface area contributed by atoms with Crippen molar-refractivity contribution in [3.63, 3.8) is 0 Å². The first-order chi connectivity index (χ1) is 11.0. The maximum atomic E-state index is 6.03. The molecule has 5 heteroatoms. The second-order valence-electron chi connectivity index (χ2n) is 5.29. The number of halogens is 1. The Morgan fingerprint density at radius 3 is 2.57 bits per heavy atom. The highest BCUT2D eigenvalue weighted by molar-refractivity contribution is 7.80. The van der Waals surface area contributed by atoms with Crippen molar-refractivity contribution in [3.8, 4) is 0 Å². The lowest BCUT2D eigenvalue weighted by Crippen LogP contribution is -2.25. The van der Waals surface area contributed by atoms with Gasteiger partial charge in [0.05, 0.1) is 5.71 Å². The van der Waals surface area contributed by atoms with E-state index in [2.05, 4.69) is 41.8 Å². The number of nitrogens with zero attached hydrogens (tertiary/aromatic N) is 1. The van der Waals surface area contributed by atoms with Crippen LogP contribution in [0.4, 0.5) is 5.69 Å². The summed E-state index contributed by atoms with van der Waals surface area (Å²) in [6, 6.07) is 13.8. The summed E-state index contributed by atoms with van der Waals surface area (Å²) in [6.45, 7) is 6.20. The minimum atomic E-state index is 0.459. The van der Waals surface area contributed by atoms with Crippen molar-refractivity contribution in [2.24, 2.45) is 5.10 Å². The SMILES string of the molecule is CC/C(=N\NC(=S)Nc1ccc(C)c(C)c1)c1cccc(Cl)c1. The van der Waals surface area contributed by atoms with Gasteiger partial charge in [-0.05, 0) is 73.4 Å². The lowest BCUT2D eigenvalue weighted by Gasteiger charge is -2.10. The molecule has 2 N–H and O–H groups in total. The summed E-state index contributed by atoms with van der Waals surface area (Å²) in [4.78, 5) is 0. The normalized spacial score (nSPS) is 11.2. The summed E-state index contributed by atoms with van der Waals surface area (Å²) in [6.07, 6.45) is 0.777. The fraction of sp³-hybridized carbons (Fsp3) is 0.222. The Morgan fingerprint density at radius 1 is 1.13 bits per heavy atom. The van der Waals surface area contributed by atoms with E-state index in [0.717, 1.165) is 23.4 Å². The Kier molecular flexibility index (Phi) is 6.13. The summed E-state index contributed by atoms with van der Waals surface area (Å²) in [5, 5.41) is 8.69. The van der Waals surface area contributed by atoms with Crippen molar-refractivity contribution >= 4 is 40.3 Å². The van der Waals surface area contributed by atoms with E-state index >= 15 is 0 Å². The molecule has 2 rings (SSSR count). The maximum absolute atomic E-state index is 6.03. The topological polar surface area (TPSA) is 36.4 Å². The molecule has 0 amide bonds. The fourth-order valence-corrected chi connectivity index (χ4v) is 2.47. The second kappa shape index (κ2) is 8.09. The minimum Gasteiger partial charge on any atom is -0.331 e. The highest BCUT2D eigenvalue weighted by Crippen LogP contribution is 2.14. The molecule has 3 nitrogen and oxygen atoms in total. The van der Waals surface area contributed by atoms with E-state index in [0.29, 0.717) is 10.1 Å². The molecule has 0 saturated heterocycles. The largest absolute Gasteiger partial charge is 0.331 e. The van der Waals surface area contributed by atoms with Crippen molar-refractivity contribution in [1.29, 1.82) is 0 Å². The molecule has 0 bridgehead atoms. The van der Waals surface area contributed by atoms with Crippen LogP contribution in [0.2, 0.25) is 5.02 Å². The van der Waals surface area contributed by atoms with Crippen molar-refractivity contribution in [2.75, 3.05) is 5.32 Å². The molecule has 0 unspecified atom stereocenters. The molecule has 0 spiro atoms. The van der Waals surface area contributed by atoms with Crippen LogP contribution in [-0.2, 0) is 0 Å². The van der Waals surface area contributed by atoms with E-state index in [-0.39, 0.29) is 0 Å². The zero-order chi connectivity index (χ0) is 16.8. The van der Waals surface area contributed by atoms with Gasteiger partial charge in [0.25, 0.3) is 0 Å². The number of hydrogen-bond donors (Lipinski definition) is 2. The quantitative estimate of drug-likeness (QED) is 0.462. The van der Waals surface area contributed by atoms with E-state index in [1.807, 2.05) is 37.3 Å². The number of rotatable bonds is 4. The Morgan fingerprint density at radius 2 is 1.91 bits per heavy atom. The molecule has 0 saturated carbocycles. The molecule has 0 aromatic heterocycles. The Balaban J connectivity index is 2.05. The predicted molar refractivity (Wildman–Crippen MR) is 104 cm³/mol. The van der Waals surface area contributed by atoms with Crippen LogP contribution in [0, 0.1) is 13.8 Å². The van der Waals surface area contributed by atoms with Gasteiger partial charge >= 0.3 is 0 Å². The first kappa shape index (κ1) is 17.4. The second-order valence-corrected chi connectivity index (χ2v) is 6.13. The van der Waals surface area contributed by atoms with Crippen LogP contribution in [0.3, 0.4) is 0 Å². The zero-order valence-corrected chi connectivity index (χ0v) is 15.1. The average Bonchev–Trinajstić information content (AvgIpc) is 2.52. The van der Waals surface area contributed by atoms with Gasteiger partial charge in [-0.15, -0.1) is 0 Å². The summed E-state index contributed by atoms with van der Waals surface area (Å²) < 4.78 is 0. The monoisotopic (exact) mass is 345 g/mol. The molecule has 2 aromatic rings. The highest BCUT2D eigenvalue weighted by atomic mass is 35.5. The molecule has 0 fully saturated rings. The van der Waals surface area contributed by atoms with Crippen LogP contribution >= 0.6 is 23.8 Å². The van der Waals surface area contributed by atoms with Gasteiger partial charge in [-0.25, -0.2) is 0 Å². The zero-order valence-electron chi connectivity index (χ0n) is 13.5. The fourth-order valence-electron chi connectivity index (χ4n) is 2.11. The van der Waals surface area contributed by atoms with Gasteiger partial charge in [0, 0.05) is 10.7 Å². The van der Waals surface area contributed by atoms with Crippen LogP contribution in [0.15, 0.2) is 47.6 Å².